The average Bonchev–Trinajstić information content (AvgIpc) is 2.47. The van der Waals surface area contributed by atoms with Crippen LogP contribution in [0.2, 0.25) is 0 Å². The molecule has 0 aliphatic heterocycles. The molecule has 0 fully saturated rings. The fourth-order valence-electron chi connectivity index (χ4n) is 1.77. The fourth-order valence-corrected chi connectivity index (χ4v) is 1.77. The molecule has 0 aliphatic rings. The van der Waals surface area contributed by atoms with Crippen LogP contribution in [0.5, 0.6) is 5.75 Å². The minimum absolute atomic E-state index is 0.224. The van der Waals surface area contributed by atoms with E-state index in [9.17, 15) is 13.6 Å². The van der Waals surface area contributed by atoms with Crippen molar-refractivity contribution in [2.24, 2.45) is 0 Å². The lowest BCUT2D eigenvalue weighted by Crippen LogP contribution is -2.30. The molecular formula is C16H15F2NO2. The number of carbonyl (C=O) groups excluding carboxylic acids is 1. The third kappa shape index (κ3) is 4.27. The van der Waals surface area contributed by atoms with Gasteiger partial charge in [-0.05, 0) is 36.4 Å². The Morgan fingerprint density at radius 3 is 2.48 bits per heavy atom. The quantitative estimate of drug-likeness (QED) is 0.847. The summed E-state index contributed by atoms with van der Waals surface area (Å²) in [5.41, 5.74) is 0.407. The summed E-state index contributed by atoms with van der Waals surface area (Å²) in [6.45, 7) is 0.583. The van der Waals surface area contributed by atoms with Crippen LogP contribution in [-0.4, -0.2) is 31.0 Å². The number of hydrogen-bond donors (Lipinski definition) is 0. The van der Waals surface area contributed by atoms with Gasteiger partial charge in [0.25, 0.3) is 5.91 Å². The molecule has 2 aromatic carbocycles. The van der Waals surface area contributed by atoms with Crippen molar-refractivity contribution in [3.05, 3.63) is 65.7 Å². The van der Waals surface area contributed by atoms with Crippen molar-refractivity contribution in [2.75, 3.05) is 20.2 Å². The summed E-state index contributed by atoms with van der Waals surface area (Å²) in [5.74, 6) is -0.567. The molecule has 0 N–H and O–H groups in total. The Bertz CT molecular complexity index is 614. The molecule has 2 aromatic rings. The Balaban J connectivity index is 1.85. The van der Waals surface area contributed by atoms with Crippen molar-refractivity contribution in [1.29, 1.82) is 0 Å². The van der Waals surface area contributed by atoms with Gasteiger partial charge in [0.2, 0.25) is 0 Å². The maximum atomic E-state index is 13.0. The van der Waals surface area contributed by atoms with Crippen molar-refractivity contribution in [2.45, 2.75) is 0 Å². The normalized spacial score (nSPS) is 10.2. The zero-order chi connectivity index (χ0) is 15.2. The van der Waals surface area contributed by atoms with Crippen LogP contribution < -0.4 is 4.74 Å². The van der Waals surface area contributed by atoms with E-state index in [0.717, 1.165) is 0 Å². The zero-order valence-electron chi connectivity index (χ0n) is 11.6. The number of hydrogen-bond acceptors (Lipinski definition) is 2. The van der Waals surface area contributed by atoms with Gasteiger partial charge < -0.3 is 9.64 Å². The fraction of sp³-hybridized carbons (Fsp3) is 0.188. The van der Waals surface area contributed by atoms with Gasteiger partial charge in [0.05, 0.1) is 6.54 Å². The summed E-state index contributed by atoms with van der Waals surface area (Å²) in [4.78, 5) is 13.5. The second-order valence-electron chi connectivity index (χ2n) is 4.54. The third-order valence-electron chi connectivity index (χ3n) is 2.93. The number of ether oxygens (including phenoxy) is 1. The van der Waals surface area contributed by atoms with Crippen molar-refractivity contribution in [3.63, 3.8) is 0 Å². The molecule has 2 rings (SSSR count). The van der Waals surface area contributed by atoms with E-state index in [1.54, 1.807) is 19.2 Å². The van der Waals surface area contributed by atoms with Gasteiger partial charge in [0.1, 0.15) is 24.0 Å². The summed E-state index contributed by atoms with van der Waals surface area (Å²) in [6.07, 6.45) is 0. The lowest BCUT2D eigenvalue weighted by atomic mass is 10.2. The van der Waals surface area contributed by atoms with Gasteiger partial charge in [0.15, 0.2) is 0 Å². The third-order valence-corrected chi connectivity index (χ3v) is 2.93. The van der Waals surface area contributed by atoms with Crippen molar-refractivity contribution < 1.29 is 18.3 Å². The largest absolute Gasteiger partial charge is 0.492 e. The predicted molar refractivity (Wildman–Crippen MR) is 75.3 cm³/mol. The van der Waals surface area contributed by atoms with E-state index in [1.165, 1.54) is 41.3 Å². The first-order chi connectivity index (χ1) is 10.1. The van der Waals surface area contributed by atoms with Gasteiger partial charge in [-0.3, -0.25) is 4.79 Å². The van der Waals surface area contributed by atoms with E-state index in [0.29, 0.717) is 17.9 Å². The van der Waals surface area contributed by atoms with E-state index in [-0.39, 0.29) is 24.1 Å². The first-order valence-corrected chi connectivity index (χ1v) is 6.45. The molecule has 21 heavy (non-hydrogen) atoms. The van der Waals surface area contributed by atoms with E-state index in [4.69, 9.17) is 4.74 Å². The monoisotopic (exact) mass is 291 g/mol. The number of benzene rings is 2. The van der Waals surface area contributed by atoms with Gasteiger partial charge in [-0.25, -0.2) is 8.78 Å². The molecule has 0 spiro atoms. The van der Waals surface area contributed by atoms with Gasteiger partial charge >= 0.3 is 0 Å². The maximum absolute atomic E-state index is 13.0. The highest BCUT2D eigenvalue weighted by atomic mass is 19.1. The van der Waals surface area contributed by atoms with Gasteiger partial charge in [-0.2, -0.15) is 0 Å². The van der Waals surface area contributed by atoms with Crippen LogP contribution in [0.15, 0.2) is 48.5 Å². The summed E-state index contributed by atoms with van der Waals surface area (Å²) < 4.78 is 31.1. The Morgan fingerprint density at radius 2 is 1.81 bits per heavy atom. The maximum Gasteiger partial charge on any atom is 0.253 e. The smallest absolute Gasteiger partial charge is 0.253 e. The summed E-state index contributed by atoms with van der Waals surface area (Å²) in [5, 5.41) is 0. The van der Waals surface area contributed by atoms with Crippen LogP contribution in [-0.2, 0) is 0 Å². The minimum atomic E-state index is -0.386. The Labute approximate surface area is 121 Å². The summed E-state index contributed by atoms with van der Waals surface area (Å²) >= 11 is 0. The molecule has 0 unspecified atom stereocenters. The molecule has 0 aliphatic carbocycles. The van der Waals surface area contributed by atoms with Crippen LogP contribution in [0.25, 0.3) is 0 Å². The second kappa shape index (κ2) is 6.83. The van der Waals surface area contributed by atoms with E-state index in [1.807, 2.05) is 0 Å². The molecule has 0 heterocycles. The SMILES string of the molecule is CN(CCOc1cccc(F)c1)C(=O)c1ccc(F)cc1. The van der Waals surface area contributed by atoms with Crippen LogP contribution in [0.1, 0.15) is 10.4 Å². The molecule has 0 saturated carbocycles. The average molecular weight is 291 g/mol. The second-order valence-corrected chi connectivity index (χ2v) is 4.54. The minimum Gasteiger partial charge on any atom is -0.492 e. The molecule has 0 saturated heterocycles. The lowest BCUT2D eigenvalue weighted by molar-refractivity contribution is 0.0773. The van der Waals surface area contributed by atoms with Crippen LogP contribution >= 0.6 is 0 Å². The standard InChI is InChI=1S/C16H15F2NO2/c1-19(16(20)12-5-7-13(17)8-6-12)9-10-21-15-4-2-3-14(18)11-15/h2-8,11H,9-10H2,1H3. The summed E-state index contributed by atoms with van der Waals surface area (Å²) in [6, 6.07) is 11.2. The number of carbonyl (C=O) groups is 1. The predicted octanol–water partition coefficient (Wildman–Crippen LogP) is 3.12. The molecule has 3 nitrogen and oxygen atoms in total. The van der Waals surface area contributed by atoms with Crippen LogP contribution in [0, 0.1) is 11.6 Å². The number of nitrogens with zero attached hydrogens (tertiary/aromatic N) is 1. The van der Waals surface area contributed by atoms with E-state index < -0.39 is 0 Å². The number of rotatable bonds is 5. The molecule has 0 radical (unpaired) electrons. The molecule has 5 heteroatoms. The van der Waals surface area contributed by atoms with E-state index in [2.05, 4.69) is 0 Å². The van der Waals surface area contributed by atoms with Gasteiger partial charge in [-0.1, -0.05) is 6.07 Å². The molecule has 110 valence electrons. The first-order valence-electron chi connectivity index (χ1n) is 6.45. The molecule has 0 atom stereocenters. The van der Waals surface area contributed by atoms with Crippen LogP contribution in [0.3, 0.4) is 0 Å². The first kappa shape index (κ1) is 15.0. The number of amides is 1. The Kier molecular flexibility index (Phi) is 4.87. The van der Waals surface area contributed by atoms with E-state index >= 15 is 0 Å². The highest BCUT2D eigenvalue weighted by molar-refractivity contribution is 5.93. The van der Waals surface area contributed by atoms with Gasteiger partial charge in [-0.15, -0.1) is 0 Å². The van der Waals surface area contributed by atoms with Crippen molar-refractivity contribution >= 4 is 5.91 Å². The highest BCUT2D eigenvalue weighted by Crippen LogP contribution is 2.12. The Morgan fingerprint density at radius 1 is 1.10 bits per heavy atom. The lowest BCUT2D eigenvalue weighted by Gasteiger charge is -2.17. The van der Waals surface area contributed by atoms with Crippen LogP contribution in [0.4, 0.5) is 8.78 Å². The highest BCUT2D eigenvalue weighted by Gasteiger charge is 2.11. The molecule has 1 amide bonds. The topological polar surface area (TPSA) is 29.5 Å². The number of likely N-dealkylation sites (N-methyl/N-ethyl adjacent to an activating group) is 1. The van der Waals surface area contributed by atoms with Gasteiger partial charge in [0, 0.05) is 18.7 Å². The zero-order valence-corrected chi connectivity index (χ0v) is 11.6. The number of halogens is 2. The molecular weight excluding hydrogens is 276 g/mol. The molecule has 0 aromatic heterocycles. The van der Waals surface area contributed by atoms with Crippen molar-refractivity contribution in [1.82, 2.24) is 4.90 Å². The summed E-state index contributed by atoms with van der Waals surface area (Å²) in [7, 11) is 1.63. The molecule has 0 bridgehead atoms. The van der Waals surface area contributed by atoms with Crippen molar-refractivity contribution in [3.8, 4) is 5.75 Å². The Hall–Kier alpha value is -2.43.